The van der Waals surface area contributed by atoms with E-state index in [9.17, 15) is 4.79 Å². The second kappa shape index (κ2) is 6.84. The molecule has 1 N–H and O–H groups in total. The summed E-state index contributed by atoms with van der Waals surface area (Å²) in [6.45, 7) is 1.86. The van der Waals surface area contributed by atoms with Crippen molar-refractivity contribution >= 4 is 11.6 Å². The summed E-state index contributed by atoms with van der Waals surface area (Å²) in [4.78, 5) is 17.6. The second-order valence-corrected chi connectivity index (χ2v) is 6.20. The summed E-state index contributed by atoms with van der Waals surface area (Å²) in [7, 11) is 0. The van der Waals surface area contributed by atoms with E-state index in [2.05, 4.69) is 10.3 Å². The summed E-state index contributed by atoms with van der Waals surface area (Å²) in [5.41, 5.74) is 4.13. The van der Waals surface area contributed by atoms with Crippen LogP contribution in [-0.4, -0.2) is 15.3 Å². The molecule has 0 saturated heterocycles. The molecule has 2 aromatic heterocycles. The van der Waals surface area contributed by atoms with Gasteiger partial charge in [-0.1, -0.05) is 66.7 Å². The number of aromatic nitrogens is 2. The quantitative estimate of drug-likeness (QED) is 0.606. The van der Waals surface area contributed by atoms with Crippen LogP contribution in [0.5, 0.6) is 0 Å². The number of pyridine rings is 1. The fourth-order valence-electron chi connectivity index (χ4n) is 3.24. The van der Waals surface area contributed by atoms with Crippen LogP contribution in [0.1, 0.15) is 33.4 Å². The first kappa shape index (κ1) is 16.1. The predicted molar refractivity (Wildman–Crippen MR) is 102 cm³/mol. The van der Waals surface area contributed by atoms with E-state index in [4.69, 9.17) is 0 Å². The van der Waals surface area contributed by atoms with Gasteiger partial charge in [0.05, 0.1) is 11.7 Å². The molecule has 2 heterocycles. The minimum absolute atomic E-state index is 0.140. The summed E-state index contributed by atoms with van der Waals surface area (Å²) in [6, 6.07) is 25.5. The normalized spacial score (nSPS) is 11.0. The Bertz CT molecular complexity index is 999. The fourth-order valence-corrected chi connectivity index (χ4v) is 3.24. The summed E-state index contributed by atoms with van der Waals surface area (Å²) in [6.07, 6.45) is 1.87. The molecule has 0 atom stereocenters. The van der Waals surface area contributed by atoms with Crippen molar-refractivity contribution in [3.8, 4) is 0 Å². The van der Waals surface area contributed by atoms with Crippen molar-refractivity contribution in [2.45, 2.75) is 13.0 Å². The average Bonchev–Trinajstić information content (AvgIpc) is 3.03. The average molecular weight is 341 g/mol. The molecule has 0 bridgehead atoms. The molecule has 0 aliphatic heterocycles. The minimum Gasteiger partial charge on any atom is -0.340 e. The highest BCUT2D eigenvalue weighted by Gasteiger charge is 2.21. The Morgan fingerprint density at radius 2 is 1.46 bits per heavy atom. The number of imidazole rings is 1. The molecular formula is C22H19N3O. The smallest absolute Gasteiger partial charge is 0.270 e. The van der Waals surface area contributed by atoms with Gasteiger partial charge in [0.15, 0.2) is 0 Å². The van der Waals surface area contributed by atoms with E-state index in [-0.39, 0.29) is 11.9 Å². The lowest BCUT2D eigenvalue weighted by atomic mass is 9.98. The van der Waals surface area contributed by atoms with E-state index in [1.165, 1.54) is 0 Å². The zero-order valence-corrected chi connectivity index (χ0v) is 14.5. The zero-order chi connectivity index (χ0) is 17.9. The Labute approximate surface area is 152 Å². The van der Waals surface area contributed by atoms with Gasteiger partial charge in [-0.15, -0.1) is 0 Å². The lowest BCUT2D eigenvalue weighted by molar-refractivity contribution is 0.0936. The van der Waals surface area contributed by atoms with Gasteiger partial charge in [0.25, 0.3) is 5.91 Å². The standard InChI is InChI=1S/C22H19N3O/c1-16-21(25-15-9-8-14-19(25)23-16)22(26)24-20(17-10-4-2-5-11-17)18-12-6-3-7-13-18/h2-15,20H,1H3,(H,24,26). The lowest BCUT2D eigenvalue weighted by Crippen LogP contribution is -2.30. The van der Waals surface area contributed by atoms with E-state index in [1.807, 2.05) is 96.4 Å². The number of hydrogen-bond donors (Lipinski definition) is 1. The molecule has 26 heavy (non-hydrogen) atoms. The number of amides is 1. The van der Waals surface area contributed by atoms with Gasteiger partial charge in [-0.3, -0.25) is 9.20 Å². The molecule has 4 aromatic rings. The van der Waals surface area contributed by atoms with Crippen molar-refractivity contribution in [3.05, 3.63) is 108 Å². The third-order valence-electron chi connectivity index (χ3n) is 4.46. The first-order chi connectivity index (χ1) is 12.7. The van der Waals surface area contributed by atoms with Crippen LogP contribution in [0, 0.1) is 6.92 Å². The van der Waals surface area contributed by atoms with Gasteiger partial charge in [0.1, 0.15) is 11.3 Å². The largest absolute Gasteiger partial charge is 0.340 e. The Balaban J connectivity index is 1.74. The Hall–Kier alpha value is -3.40. The molecule has 0 radical (unpaired) electrons. The highest BCUT2D eigenvalue weighted by atomic mass is 16.2. The van der Waals surface area contributed by atoms with Crippen molar-refractivity contribution in [3.63, 3.8) is 0 Å². The third-order valence-corrected chi connectivity index (χ3v) is 4.46. The molecule has 0 aliphatic carbocycles. The van der Waals surface area contributed by atoms with Crippen LogP contribution in [0.25, 0.3) is 5.65 Å². The number of carbonyl (C=O) groups excluding carboxylic acids is 1. The number of benzene rings is 2. The van der Waals surface area contributed by atoms with Crippen molar-refractivity contribution in [1.82, 2.24) is 14.7 Å². The van der Waals surface area contributed by atoms with Gasteiger partial charge < -0.3 is 5.32 Å². The lowest BCUT2D eigenvalue weighted by Gasteiger charge is -2.20. The van der Waals surface area contributed by atoms with E-state index in [1.54, 1.807) is 0 Å². The van der Waals surface area contributed by atoms with E-state index in [0.717, 1.165) is 16.8 Å². The maximum absolute atomic E-state index is 13.1. The Morgan fingerprint density at radius 1 is 0.885 bits per heavy atom. The van der Waals surface area contributed by atoms with E-state index < -0.39 is 0 Å². The van der Waals surface area contributed by atoms with Crippen LogP contribution in [0.3, 0.4) is 0 Å². The van der Waals surface area contributed by atoms with Crippen LogP contribution in [0.4, 0.5) is 0 Å². The Kier molecular flexibility index (Phi) is 4.23. The van der Waals surface area contributed by atoms with Gasteiger partial charge in [-0.2, -0.15) is 0 Å². The third kappa shape index (κ3) is 2.97. The fraction of sp³-hybridized carbons (Fsp3) is 0.0909. The molecule has 128 valence electrons. The van der Waals surface area contributed by atoms with Gasteiger partial charge in [0.2, 0.25) is 0 Å². The zero-order valence-electron chi connectivity index (χ0n) is 14.5. The van der Waals surface area contributed by atoms with Crippen LogP contribution in [0.2, 0.25) is 0 Å². The number of rotatable bonds is 4. The van der Waals surface area contributed by atoms with Crippen molar-refractivity contribution in [1.29, 1.82) is 0 Å². The first-order valence-electron chi connectivity index (χ1n) is 8.58. The molecule has 0 spiro atoms. The van der Waals surface area contributed by atoms with Gasteiger partial charge in [-0.05, 0) is 30.2 Å². The van der Waals surface area contributed by atoms with Crippen molar-refractivity contribution < 1.29 is 4.79 Å². The molecule has 0 fully saturated rings. The minimum atomic E-state index is -0.224. The van der Waals surface area contributed by atoms with Crippen molar-refractivity contribution in [2.75, 3.05) is 0 Å². The molecule has 4 rings (SSSR count). The number of aryl methyl sites for hydroxylation is 1. The molecule has 4 nitrogen and oxygen atoms in total. The molecule has 2 aromatic carbocycles. The SMILES string of the molecule is Cc1nc2ccccn2c1C(=O)NC(c1ccccc1)c1ccccc1. The van der Waals surface area contributed by atoms with E-state index >= 15 is 0 Å². The van der Waals surface area contributed by atoms with Gasteiger partial charge >= 0.3 is 0 Å². The summed E-state index contributed by atoms with van der Waals surface area (Å²) in [5, 5.41) is 3.19. The van der Waals surface area contributed by atoms with Crippen molar-refractivity contribution in [2.24, 2.45) is 0 Å². The highest BCUT2D eigenvalue weighted by molar-refractivity contribution is 5.95. The number of carbonyl (C=O) groups is 1. The molecule has 1 amide bonds. The molecule has 4 heteroatoms. The summed E-state index contributed by atoms with van der Waals surface area (Å²) < 4.78 is 1.83. The second-order valence-electron chi connectivity index (χ2n) is 6.20. The van der Waals surface area contributed by atoms with Crippen LogP contribution < -0.4 is 5.32 Å². The van der Waals surface area contributed by atoms with Crippen LogP contribution >= 0.6 is 0 Å². The molecule has 0 unspecified atom stereocenters. The number of nitrogens with one attached hydrogen (secondary N) is 1. The monoisotopic (exact) mass is 341 g/mol. The summed E-state index contributed by atoms with van der Waals surface area (Å²) in [5.74, 6) is -0.140. The maximum atomic E-state index is 13.1. The number of fused-ring (bicyclic) bond motifs is 1. The Morgan fingerprint density at radius 3 is 2.08 bits per heavy atom. The number of nitrogens with zero attached hydrogens (tertiary/aromatic N) is 2. The van der Waals surface area contributed by atoms with Crippen LogP contribution in [-0.2, 0) is 0 Å². The maximum Gasteiger partial charge on any atom is 0.270 e. The van der Waals surface area contributed by atoms with Gasteiger partial charge in [0, 0.05) is 6.20 Å². The predicted octanol–water partition coefficient (Wildman–Crippen LogP) is 4.16. The first-order valence-corrected chi connectivity index (χ1v) is 8.58. The topological polar surface area (TPSA) is 46.4 Å². The number of hydrogen-bond acceptors (Lipinski definition) is 2. The summed E-state index contributed by atoms with van der Waals surface area (Å²) >= 11 is 0. The molecule has 0 saturated carbocycles. The van der Waals surface area contributed by atoms with Crippen LogP contribution in [0.15, 0.2) is 85.1 Å². The van der Waals surface area contributed by atoms with Gasteiger partial charge in [-0.25, -0.2) is 4.98 Å². The van der Waals surface area contributed by atoms with E-state index in [0.29, 0.717) is 11.4 Å². The molecular weight excluding hydrogens is 322 g/mol. The highest BCUT2D eigenvalue weighted by Crippen LogP contribution is 2.23. The molecule has 0 aliphatic rings.